The van der Waals surface area contributed by atoms with Crippen LogP contribution in [-0.4, -0.2) is 11.7 Å². The number of rotatable bonds is 3. The van der Waals surface area contributed by atoms with E-state index in [1.54, 1.807) is 24.3 Å². The lowest BCUT2D eigenvalue weighted by molar-refractivity contribution is 0.101. The Labute approximate surface area is 129 Å². The Morgan fingerprint density at radius 2 is 1.75 bits per heavy atom. The maximum absolute atomic E-state index is 13.0. The first-order valence-electron chi connectivity index (χ1n) is 5.85. The quantitative estimate of drug-likeness (QED) is 0.646. The Hall–Kier alpha value is -1.76. The average Bonchev–Trinajstić information content (AvgIpc) is 2.39. The molecule has 0 aliphatic rings. The van der Waals surface area contributed by atoms with Gasteiger partial charge in [-0.05, 0) is 72.0 Å². The molecule has 3 nitrogen and oxygen atoms in total. The summed E-state index contributed by atoms with van der Waals surface area (Å²) < 4.78 is 13.5. The number of benzene rings is 2. The number of hydrogen-bond acceptors (Lipinski definition) is 2. The molecule has 0 saturated heterocycles. The fraction of sp³-hybridized carbons (Fsp3) is 0.0667. The Kier molecular flexibility index (Phi) is 4.49. The van der Waals surface area contributed by atoms with E-state index in [1.165, 1.54) is 25.1 Å². The van der Waals surface area contributed by atoms with Crippen LogP contribution in [0.25, 0.3) is 0 Å². The summed E-state index contributed by atoms with van der Waals surface area (Å²) in [4.78, 5) is 23.2. The van der Waals surface area contributed by atoms with Crippen molar-refractivity contribution in [1.82, 2.24) is 0 Å². The monoisotopic (exact) mass is 383 g/mol. The summed E-state index contributed by atoms with van der Waals surface area (Å²) in [7, 11) is 0. The minimum atomic E-state index is -0.378. The molecule has 0 aliphatic heterocycles. The molecule has 0 saturated carbocycles. The van der Waals surface area contributed by atoms with Gasteiger partial charge in [-0.25, -0.2) is 4.39 Å². The van der Waals surface area contributed by atoms with Crippen molar-refractivity contribution in [2.24, 2.45) is 0 Å². The summed E-state index contributed by atoms with van der Waals surface area (Å²) in [6.45, 7) is 1.48. The Morgan fingerprint density at radius 3 is 2.30 bits per heavy atom. The molecule has 0 heterocycles. The smallest absolute Gasteiger partial charge is 0.256 e. The van der Waals surface area contributed by atoms with Crippen LogP contribution in [0.2, 0.25) is 0 Å². The molecule has 5 heteroatoms. The van der Waals surface area contributed by atoms with Crippen molar-refractivity contribution in [2.45, 2.75) is 6.92 Å². The standard InChI is InChI=1S/C15H11FINO2/c1-9(19)10-2-5-12(6-3-10)18-15(20)13-7-4-11(16)8-14(13)17/h2-8H,1H3,(H,18,20). The average molecular weight is 383 g/mol. The third kappa shape index (κ3) is 3.41. The molecular weight excluding hydrogens is 372 g/mol. The second-order valence-corrected chi connectivity index (χ2v) is 5.37. The molecule has 2 rings (SSSR count). The van der Waals surface area contributed by atoms with Crippen molar-refractivity contribution >= 4 is 40.0 Å². The maximum Gasteiger partial charge on any atom is 0.256 e. The summed E-state index contributed by atoms with van der Waals surface area (Å²) in [5.74, 6) is -0.724. The number of hydrogen-bond donors (Lipinski definition) is 1. The maximum atomic E-state index is 13.0. The molecule has 1 amide bonds. The fourth-order valence-corrected chi connectivity index (χ4v) is 2.38. The number of carbonyl (C=O) groups excluding carboxylic acids is 2. The third-order valence-corrected chi connectivity index (χ3v) is 3.62. The minimum Gasteiger partial charge on any atom is -0.322 e. The molecule has 0 spiro atoms. The Bertz CT molecular complexity index is 668. The van der Waals surface area contributed by atoms with E-state index < -0.39 is 0 Å². The molecule has 0 aliphatic carbocycles. The summed E-state index contributed by atoms with van der Waals surface area (Å²) in [5.41, 5.74) is 1.57. The van der Waals surface area contributed by atoms with Crippen LogP contribution in [0.5, 0.6) is 0 Å². The van der Waals surface area contributed by atoms with Gasteiger partial charge in [-0.15, -0.1) is 0 Å². The van der Waals surface area contributed by atoms with E-state index in [9.17, 15) is 14.0 Å². The van der Waals surface area contributed by atoms with Gasteiger partial charge in [0.25, 0.3) is 5.91 Å². The molecule has 20 heavy (non-hydrogen) atoms. The molecule has 0 atom stereocenters. The van der Waals surface area contributed by atoms with E-state index in [0.29, 0.717) is 20.4 Å². The first-order chi connectivity index (χ1) is 9.47. The van der Waals surface area contributed by atoms with Crippen LogP contribution in [0.15, 0.2) is 42.5 Å². The molecule has 102 valence electrons. The predicted molar refractivity (Wildman–Crippen MR) is 83.5 cm³/mol. The third-order valence-electron chi connectivity index (χ3n) is 2.73. The fourth-order valence-electron chi connectivity index (χ4n) is 1.66. The van der Waals surface area contributed by atoms with E-state index >= 15 is 0 Å². The largest absolute Gasteiger partial charge is 0.322 e. The lowest BCUT2D eigenvalue weighted by atomic mass is 10.1. The van der Waals surface area contributed by atoms with E-state index in [0.717, 1.165) is 0 Å². The highest BCUT2D eigenvalue weighted by atomic mass is 127. The van der Waals surface area contributed by atoms with Gasteiger partial charge in [0, 0.05) is 14.8 Å². The molecular formula is C15H11FINO2. The van der Waals surface area contributed by atoms with Crippen LogP contribution in [-0.2, 0) is 0 Å². The van der Waals surface area contributed by atoms with E-state index in [-0.39, 0.29) is 17.5 Å². The highest BCUT2D eigenvalue weighted by Gasteiger charge is 2.11. The van der Waals surface area contributed by atoms with E-state index in [4.69, 9.17) is 0 Å². The van der Waals surface area contributed by atoms with Crippen molar-refractivity contribution in [3.8, 4) is 0 Å². The van der Waals surface area contributed by atoms with E-state index in [1.807, 2.05) is 22.6 Å². The van der Waals surface area contributed by atoms with E-state index in [2.05, 4.69) is 5.32 Å². The number of ketones is 1. The van der Waals surface area contributed by atoms with Gasteiger partial charge in [-0.2, -0.15) is 0 Å². The SMILES string of the molecule is CC(=O)c1ccc(NC(=O)c2ccc(F)cc2I)cc1. The topological polar surface area (TPSA) is 46.2 Å². The summed E-state index contributed by atoms with van der Waals surface area (Å²) in [5, 5.41) is 2.71. The highest BCUT2D eigenvalue weighted by molar-refractivity contribution is 14.1. The summed E-state index contributed by atoms with van der Waals surface area (Å²) >= 11 is 1.91. The first-order valence-corrected chi connectivity index (χ1v) is 6.92. The highest BCUT2D eigenvalue weighted by Crippen LogP contribution is 2.17. The minimum absolute atomic E-state index is 0.0315. The molecule has 2 aromatic carbocycles. The van der Waals surface area contributed by atoms with Crippen LogP contribution in [0.3, 0.4) is 0 Å². The predicted octanol–water partition coefficient (Wildman–Crippen LogP) is 3.89. The van der Waals surface area contributed by atoms with Crippen molar-refractivity contribution in [2.75, 3.05) is 5.32 Å². The molecule has 0 unspecified atom stereocenters. The normalized spacial score (nSPS) is 10.2. The van der Waals surface area contributed by atoms with Crippen LogP contribution in [0.1, 0.15) is 27.6 Å². The zero-order chi connectivity index (χ0) is 14.7. The van der Waals surface area contributed by atoms with Gasteiger partial charge in [0.1, 0.15) is 5.82 Å². The number of anilines is 1. The zero-order valence-electron chi connectivity index (χ0n) is 10.6. The van der Waals surface area contributed by atoms with Gasteiger partial charge >= 0.3 is 0 Å². The second kappa shape index (κ2) is 6.13. The van der Waals surface area contributed by atoms with Crippen LogP contribution in [0.4, 0.5) is 10.1 Å². The molecule has 0 fully saturated rings. The molecule has 2 aromatic rings. The number of halogens is 2. The zero-order valence-corrected chi connectivity index (χ0v) is 12.8. The number of carbonyl (C=O) groups is 2. The molecule has 0 radical (unpaired) electrons. The first kappa shape index (κ1) is 14.6. The lowest BCUT2D eigenvalue weighted by Gasteiger charge is -2.07. The molecule has 0 aromatic heterocycles. The second-order valence-electron chi connectivity index (χ2n) is 4.21. The summed E-state index contributed by atoms with van der Waals surface area (Å²) in [6, 6.07) is 10.6. The van der Waals surface area contributed by atoms with Gasteiger partial charge in [0.2, 0.25) is 0 Å². The van der Waals surface area contributed by atoms with Crippen molar-refractivity contribution in [3.05, 3.63) is 63.0 Å². The molecule has 1 N–H and O–H groups in total. The van der Waals surface area contributed by atoms with Crippen LogP contribution >= 0.6 is 22.6 Å². The van der Waals surface area contributed by atoms with Gasteiger partial charge in [-0.1, -0.05) is 0 Å². The molecule has 0 bridgehead atoms. The Balaban J connectivity index is 2.17. The van der Waals surface area contributed by atoms with Crippen molar-refractivity contribution < 1.29 is 14.0 Å². The van der Waals surface area contributed by atoms with Gasteiger partial charge in [-0.3, -0.25) is 9.59 Å². The van der Waals surface area contributed by atoms with Gasteiger partial charge < -0.3 is 5.32 Å². The van der Waals surface area contributed by atoms with Crippen molar-refractivity contribution in [3.63, 3.8) is 0 Å². The Morgan fingerprint density at radius 1 is 1.10 bits per heavy atom. The van der Waals surface area contributed by atoms with Gasteiger partial charge in [0.05, 0.1) is 5.56 Å². The van der Waals surface area contributed by atoms with Crippen LogP contribution < -0.4 is 5.32 Å². The number of Topliss-reactive ketones (excluding diaryl/α,β-unsaturated/α-hetero) is 1. The summed E-state index contributed by atoms with van der Waals surface area (Å²) in [6.07, 6.45) is 0. The lowest BCUT2D eigenvalue weighted by Crippen LogP contribution is -2.13. The number of amides is 1. The number of nitrogens with one attached hydrogen (secondary N) is 1. The van der Waals surface area contributed by atoms with Crippen LogP contribution in [0, 0.1) is 9.39 Å². The van der Waals surface area contributed by atoms with Crippen molar-refractivity contribution in [1.29, 1.82) is 0 Å². The van der Waals surface area contributed by atoms with Gasteiger partial charge in [0.15, 0.2) is 5.78 Å².